The molecule has 6 heteroatoms. The average Bonchev–Trinajstić information content (AvgIpc) is 2.91. The number of aromatic nitrogens is 2. The predicted molar refractivity (Wildman–Crippen MR) is 98.5 cm³/mol. The van der Waals surface area contributed by atoms with Crippen molar-refractivity contribution in [2.24, 2.45) is 5.73 Å². The van der Waals surface area contributed by atoms with E-state index in [9.17, 15) is 9.18 Å². The van der Waals surface area contributed by atoms with Crippen LogP contribution in [-0.2, 0) is 6.54 Å². The lowest BCUT2D eigenvalue weighted by Crippen LogP contribution is -2.14. The lowest BCUT2D eigenvalue weighted by Gasteiger charge is -2.09. The number of nitrogens with zero attached hydrogens (tertiary/aromatic N) is 2. The van der Waals surface area contributed by atoms with Crippen LogP contribution < -0.4 is 11.5 Å². The van der Waals surface area contributed by atoms with Crippen molar-refractivity contribution in [2.75, 3.05) is 5.73 Å². The van der Waals surface area contributed by atoms with E-state index < -0.39 is 5.91 Å². The minimum atomic E-state index is -0.623. The summed E-state index contributed by atoms with van der Waals surface area (Å²) in [5.41, 5.74) is 12.8. The highest BCUT2D eigenvalue weighted by Crippen LogP contribution is 2.28. The first-order chi connectivity index (χ1) is 12.0. The van der Waals surface area contributed by atoms with Crippen LogP contribution in [0.5, 0.6) is 0 Å². The Bertz CT molecular complexity index is 694. The molecule has 1 aromatic heterocycles. The number of nitrogen functional groups attached to an aromatic ring is 1. The summed E-state index contributed by atoms with van der Waals surface area (Å²) in [6.45, 7) is 2.85. The molecule has 0 atom stereocenters. The summed E-state index contributed by atoms with van der Waals surface area (Å²) >= 11 is 0. The van der Waals surface area contributed by atoms with Gasteiger partial charge >= 0.3 is 0 Å². The molecule has 0 saturated heterocycles. The number of hydrogen-bond acceptors (Lipinski definition) is 3. The maximum Gasteiger partial charge on any atom is 0.254 e. The Morgan fingerprint density at radius 2 is 1.68 bits per heavy atom. The first-order valence-electron chi connectivity index (χ1n) is 8.96. The predicted octanol–water partition coefficient (Wildman–Crippen LogP) is 4.12. The average molecular weight is 346 g/mol. The molecular formula is C19H27FN4O. The smallest absolute Gasteiger partial charge is 0.254 e. The van der Waals surface area contributed by atoms with Crippen molar-refractivity contribution in [3.63, 3.8) is 0 Å². The molecule has 136 valence electrons. The quantitative estimate of drug-likeness (QED) is 0.634. The van der Waals surface area contributed by atoms with Crippen LogP contribution in [0.1, 0.15) is 62.2 Å². The fraction of sp³-hybridized carbons (Fsp3) is 0.474. The first kappa shape index (κ1) is 19.0. The highest BCUT2D eigenvalue weighted by molar-refractivity contribution is 6.03. The molecule has 0 aliphatic carbocycles. The zero-order valence-corrected chi connectivity index (χ0v) is 14.8. The number of unbranched alkanes of at least 4 members (excludes halogenated alkanes) is 6. The van der Waals surface area contributed by atoms with E-state index in [0.717, 1.165) is 12.8 Å². The summed E-state index contributed by atoms with van der Waals surface area (Å²) in [6.07, 6.45) is 8.27. The molecule has 0 saturated carbocycles. The summed E-state index contributed by atoms with van der Waals surface area (Å²) in [7, 11) is 0. The Morgan fingerprint density at radius 3 is 2.28 bits per heavy atom. The van der Waals surface area contributed by atoms with Gasteiger partial charge < -0.3 is 11.5 Å². The molecule has 25 heavy (non-hydrogen) atoms. The fourth-order valence-corrected chi connectivity index (χ4v) is 3.00. The minimum absolute atomic E-state index is 0.120. The van der Waals surface area contributed by atoms with Gasteiger partial charge in [0.05, 0.1) is 5.69 Å². The zero-order chi connectivity index (χ0) is 18.2. The third kappa shape index (κ3) is 5.05. The highest BCUT2D eigenvalue weighted by atomic mass is 19.1. The topological polar surface area (TPSA) is 86.9 Å². The molecule has 0 unspecified atom stereocenters. The lowest BCUT2D eigenvalue weighted by molar-refractivity contribution is 0.100. The summed E-state index contributed by atoms with van der Waals surface area (Å²) in [4.78, 5) is 11.8. The molecule has 0 fully saturated rings. The van der Waals surface area contributed by atoms with E-state index >= 15 is 0 Å². The molecule has 0 radical (unpaired) electrons. The number of primary amides is 1. The number of halogens is 1. The molecule has 2 rings (SSSR count). The van der Waals surface area contributed by atoms with E-state index in [0.29, 0.717) is 17.8 Å². The van der Waals surface area contributed by atoms with Crippen molar-refractivity contribution in [3.05, 3.63) is 35.6 Å². The summed E-state index contributed by atoms with van der Waals surface area (Å²) in [5.74, 6) is -0.840. The maximum atomic E-state index is 13.2. The van der Waals surface area contributed by atoms with Crippen molar-refractivity contribution >= 4 is 11.7 Å². The van der Waals surface area contributed by atoms with Gasteiger partial charge in [-0.05, 0) is 30.7 Å². The molecule has 0 aliphatic rings. The Morgan fingerprint density at radius 1 is 1.08 bits per heavy atom. The molecule has 5 nitrogen and oxygen atoms in total. The van der Waals surface area contributed by atoms with E-state index in [-0.39, 0.29) is 17.2 Å². The van der Waals surface area contributed by atoms with Crippen LogP contribution in [0.4, 0.5) is 10.2 Å². The maximum absolute atomic E-state index is 13.2. The van der Waals surface area contributed by atoms with Crippen LogP contribution in [0, 0.1) is 5.82 Å². The van der Waals surface area contributed by atoms with Gasteiger partial charge in [-0.3, -0.25) is 9.48 Å². The van der Waals surface area contributed by atoms with Gasteiger partial charge in [0.2, 0.25) is 0 Å². The van der Waals surface area contributed by atoms with Gasteiger partial charge in [0.15, 0.2) is 5.82 Å². The molecule has 1 heterocycles. The van der Waals surface area contributed by atoms with E-state index in [2.05, 4.69) is 12.0 Å². The third-order valence-corrected chi connectivity index (χ3v) is 4.32. The number of rotatable bonds is 10. The van der Waals surface area contributed by atoms with E-state index in [4.69, 9.17) is 11.5 Å². The van der Waals surface area contributed by atoms with Crippen molar-refractivity contribution in [1.82, 2.24) is 9.78 Å². The fourth-order valence-electron chi connectivity index (χ4n) is 3.00. The van der Waals surface area contributed by atoms with E-state index in [1.807, 2.05) is 0 Å². The second-order valence-corrected chi connectivity index (χ2v) is 6.32. The number of carbonyl (C=O) groups is 1. The SMILES string of the molecule is CCCCCCCCCn1nc(N)c(C(N)=O)c1-c1ccc(F)cc1. The number of hydrogen-bond donors (Lipinski definition) is 2. The molecule has 1 aromatic carbocycles. The normalized spacial score (nSPS) is 11.0. The van der Waals surface area contributed by atoms with Gasteiger partial charge in [0.25, 0.3) is 5.91 Å². The molecule has 2 aromatic rings. The van der Waals surface area contributed by atoms with Crippen LogP contribution in [0.25, 0.3) is 11.3 Å². The van der Waals surface area contributed by atoms with Crippen LogP contribution in [-0.4, -0.2) is 15.7 Å². The number of aryl methyl sites for hydroxylation is 1. The Balaban J connectivity index is 2.11. The van der Waals surface area contributed by atoms with Crippen LogP contribution >= 0.6 is 0 Å². The molecular weight excluding hydrogens is 319 g/mol. The van der Waals surface area contributed by atoms with Gasteiger partial charge in [-0.15, -0.1) is 0 Å². The zero-order valence-electron chi connectivity index (χ0n) is 14.8. The first-order valence-corrected chi connectivity index (χ1v) is 8.96. The second kappa shape index (κ2) is 9.20. The van der Waals surface area contributed by atoms with Crippen LogP contribution in [0.15, 0.2) is 24.3 Å². The van der Waals surface area contributed by atoms with Gasteiger partial charge in [0, 0.05) is 12.1 Å². The summed E-state index contributed by atoms with van der Waals surface area (Å²) in [6, 6.07) is 5.92. The van der Waals surface area contributed by atoms with Gasteiger partial charge in [-0.25, -0.2) is 4.39 Å². The second-order valence-electron chi connectivity index (χ2n) is 6.32. The molecule has 0 bridgehead atoms. The number of nitrogens with two attached hydrogens (primary N) is 2. The number of anilines is 1. The van der Waals surface area contributed by atoms with E-state index in [1.54, 1.807) is 16.8 Å². The Hall–Kier alpha value is -2.37. The monoisotopic (exact) mass is 346 g/mol. The van der Waals surface area contributed by atoms with Gasteiger partial charge in [0.1, 0.15) is 11.4 Å². The Kier molecular flexibility index (Phi) is 6.98. The lowest BCUT2D eigenvalue weighted by atomic mass is 10.1. The van der Waals surface area contributed by atoms with Crippen molar-refractivity contribution in [2.45, 2.75) is 58.4 Å². The molecule has 0 aliphatic heterocycles. The van der Waals surface area contributed by atoms with Crippen molar-refractivity contribution in [1.29, 1.82) is 0 Å². The van der Waals surface area contributed by atoms with Crippen LogP contribution in [0.2, 0.25) is 0 Å². The van der Waals surface area contributed by atoms with E-state index in [1.165, 1.54) is 44.2 Å². The van der Waals surface area contributed by atoms with Crippen LogP contribution in [0.3, 0.4) is 0 Å². The number of amides is 1. The summed E-state index contributed by atoms with van der Waals surface area (Å²) < 4.78 is 14.9. The summed E-state index contributed by atoms with van der Waals surface area (Å²) in [5, 5.41) is 4.28. The van der Waals surface area contributed by atoms with Crippen molar-refractivity contribution < 1.29 is 9.18 Å². The standard InChI is InChI=1S/C19H27FN4O/c1-2-3-4-5-6-7-8-13-24-17(14-9-11-15(20)12-10-14)16(19(22)25)18(21)23-24/h9-12H,2-8,13H2,1H3,(H2,21,23)(H2,22,25). The third-order valence-electron chi connectivity index (χ3n) is 4.32. The number of benzene rings is 1. The molecule has 1 amide bonds. The molecule has 4 N–H and O–H groups in total. The molecule has 0 spiro atoms. The van der Waals surface area contributed by atoms with Gasteiger partial charge in [-0.2, -0.15) is 5.10 Å². The minimum Gasteiger partial charge on any atom is -0.382 e. The van der Waals surface area contributed by atoms with Crippen molar-refractivity contribution in [3.8, 4) is 11.3 Å². The highest BCUT2D eigenvalue weighted by Gasteiger charge is 2.21. The van der Waals surface area contributed by atoms with Gasteiger partial charge in [-0.1, -0.05) is 45.4 Å². The number of carbonyl (C=O) groups excluding carboxylic acids is 1. The largest absolute Gasteiger partial charge is 0.382 e. The Labute approximate surface area is 148 Å².